The Bertz CT molecular complexity index is 1390. The van der Waals surface area contributed by atoms with Crippen LogP contribution in [0.2, 0.25) is 0 Å². The predicted octanol–water partition coefficient (Wildman–Crippen LogP) is 2.09. The monoisotopic (exact) mass is 536 g/mol. The number of pyridine rings is 2. The summed E-state index contributed by atoms with van der Waals surface area (Å²) in [5.41, 5.74) is 3.83. The number of amides is 2. The van der Waals surface area contributed by atoms with E-state index in [1.54, 1.807) is 24.3 Å². The number of anilines is 3. The number of nitrogens with one attached hydrogen (secondary N) is 2. The van der Waals surface area contributed by atoms with E-state index in [0.29, 0.717) is 55.7 Å². The van der Waals surface area contributed by atoms with E-state index in [0.717, 1.165) is 21.6 Å². The highest BCUT2D eigenvalue weighted by molar-refractivity contribution is 8.00. The van der Waals surface area contributed by atoms with Gasteiger partial charge in [-0.25, -0.2) is 9.78 Å². The van der Waals surface area contributed by atoms with E-state index in [2.05, 4.69) is 25.5 Å². The number of aromatic nitrogens is 2. The van der Waals surface area contributed by atoms with Crippen LogP contribution in [-0.2, 0) is 9.53 Å². The van der Waals surface area contributed by atoms with Gasteiger partial charge in [0.2, 0.25) is 11.8 Å². The van der Waals surface area contributed by atoms with Crippen molar-refractivity contribution < 1.29 is 24.2 Å². The third kappa shape index (κ3) is 4.82. The summed E-state index contributed by atoms with van der Waals surface area (Å²) < 4.78 is 10.9. The number of nitrogens with zero attached hydrogens (tertiary/aromatic N) is 4. The van der Waals surface area contributed by atoms with Crippen molar-refractivity contribution in [2.75, 3.05) is 60.7 Å². The zero-order valence-electron chi connectivity index (χ0n) is 20.8. The molecular formula is C26H28N6O5S. The number of hydrogen-bond acceptors (Lipinski definition) is 10. The highest BCUT2D eigenvalue weighted by atomic mass is 32.2. The van der Waals surface area contributed by atoms with Gasteiger partial charge < -0.3 is 30.1 Å². The molecule has 12 heteroatoms. The molecule has 1 aromatic carbocycles. The summed E-state index contributed by atoms with van der Waals surface area (Å²) in [6.07, 6.45) is 0.505. The Labute approximate surface area is 223 Å². The number of aliphatic hydroxyl groups excluding tert-OH is 1. The van der Waals surface area contributed by atoms with Gasteiger partial charge in [0.1, 0.15) is 11.6 Å². The van der Waals surface area contributed by atoms with Crippen LogP contribution in [0.5, 0.6) is 5.88 Å². The summed E-state index contributed by atoms with van der Waals surface area (Å²) in [5.74, 6) is 0.860. The molecule has 2 fully saturated rings. The average molecular weight is 537 g/mol. The molecule has 38 heavy (non-hydrogen) atoms. The second kappa shape index (κ2) is 10.3. The van der Waals surface area contributed by atoms with Crippen molar-refractivity contribution >= 4 is 51.9 Å². The largest absolute Gasteiger partial charge is 0.481 e. The standard InChI is InChI=1S/C26H28N6O5S/c1-36-24-5-3-18-25(30-24)20(6-7-28-18)31-11-15(21(33)13-31)9-27-10-17-12-32(26(35)37-17)16-2-4-22-19(8-16)29-23(34)14-38-22/h2-8,15,17,21,27,33H,9-14H2,1H3,(H,29,34)/t15-,17+,21-/m0/s1. The van der Waals surface area contributed by atoms with E-state index < -0.39 is 12.2 Å². The number of rotatable bonds is 7. The van der Waals surface area contributed by atoms with Crippen LogP contribution in [0, 0.1) is 5.92 Å². The minimum Gasteiger partial charge on any atom is -0.481 e. The zero-order valence-corrected chi connectivity index (χ0v) is 21.6. The summed E-state index contributed by atoms with van der Waals surface area (Å²) in [4.78, 5) is 37.9. The van der Waals surface area contributed by atoms with Crippen LogP contribution in [0.15, 0.2) is 47.5 Å². The fourth-order valence-electron chi connectivity index (χ4n) is 5.12. The normalized spacial score (nSPS) is 22.9. The van der Waals surface area contributed by atoms with Crippen molar-refractivity contribution in [3.8, 4) is 5.88 Å². The molecule has 3 N–H and O–H groups in total. The molecule has 0 bridgehead atoms. The van der Waals surface area contributed by atoms with Gasteiger partial charge in [-0.15, -0.1) is 11.8 Å². The molecule has 0 unspecified atom stereocenters. The topological polar surface area (TPSA) is 129 Å². The quantitative estimate of drug-likeness (QED) is 0.413. The van der Waals surface area contributed by atoms with E-state index >= 15 is 0 Å². The van der Waals surface area contributed by atoms with Gasteiger partial charge in [-0.3, -0.25) is 14.7 Å². The third-order valence-corrected chi connectivity index (χ3v) is 8.13. The Hall–Kier alpha value is -3.61. The van der Waals surface area contributed by atoms with Gasteiger partial charge in [0.25, 0.3) is 0 Å². The van der Waals surface area contributed by atoms with Crippen molar-refractivity contribution in [1.82, 2.24) is 15.3 Å². The molecule has 6 rings (SSSR count). The van der Waals surface area contributed by atoms with Crippen LogP contribution in [0.25, 0.3) is 11.0 Å². The van der Waals surface area contributed by atoms with Crippen molar-refractivity contribution in [3.05, 3.63) is 42.6 Å². The number of β-amino-alcohol motifs (C(OH)–C–C–N with tert-alkyl or cyclic N) is 1. The number of fused-ring (bicyclic) bond motifs is 2. The molecule has 3 aliphatic rings. The van der Waals surface area contributed by atoms with Crippen molar-refractivity contribution in [2.24, 2.45) is 5.92 Å². The second-order valence-electron chi connectivity index (χ2n) is 9.58. The number of hydrogen-bond donors (Lipinski definition) is 3. The second-order valence-corrected chi connectivity index (χ2v) is 10.6. The van der Waals surface area contributed by atoms with Crippen molar-refractivity contribution in [1.29, 1.82) is 0 Å². The summed E-state index contributed by atoms with van der Waals surface area (Å²) in [5, 5.41) is 17.0. The first kappa shape index (κ1) is 24.7. The first-order valence-electron chi connectivity index (χ1n) is 12.5. The van der Waals surface area contributed by atoms with Gasteiger partial charge in [-0.2, -0.15) is 0 Å². The van der Waals surface area contributed by atoms with Gasteiger partial charge in [0.05, 0.1) is 42.4 Å². The SMILES string of the molecule is COc1ccc2nccc(N3C[C@H](CNC[C@@H]4CN(c5ccc6c(c5)NC(=O)CS6)C(=O)O4)[C@@H](O)C3)c2n1. The van der Waals surface area contributed by atoms with Crippen LogP contribution in [0.4, 0.5) is 21.9 Å². The average Bonchev–Trinajstić information content (AvgIpc) is 3.49. The molecule has 2 saturated heterocycles. The van der Waals surface area contributed by atoms with E-state index in [1.165, 1.54) is 11.8 Å². The molecule has 198 valence electrons. The number of benzene rings is 1. The lowest BCUT2D eigenvalue weighted by molar-refractivity contribution is -0.113. The maximum atomic E-state index is 12.6. The Morgan fingerprint density at radius 2 is 2.08 bits per heavy atom. The lowest BCUT2D eigenvalue weighted by atomic mass is 10.1. The molecule has 2 amide bonds. The van der Waals surface area contributed by atoms with E-state index in [4.69, 9.17) is 9.47 Å². The van der Waals surface area contributed by atoms with Crippen LogP contribution >= 0.6 is 11.8 Å². The number of ether oxygens (including phenoxy) is 2. The minimum absolute atomic E-state index is 0.00112. The van der Waals surface area contributed by atoms with Crippen LogP contribution in [0.3, 0.4) is 0 Å². The summed E-state index contributed by atoms with van der Waals surface area (Å²) in [6, 6.07) is 11.2. The number of methoxy groups -OCH3 is 1. The number of carbonyl (C=O) groups is 2. The lowest BCUT2D eigenvalue weighted by Gasteiger charge is -2.20. The fraction of sp³-hybridized carbons (Fsp3) is 0.385. The molecule has 2 aromatic heterocycles. The van der Waals surface area contributed by atoms with Crippen molar-refractivity contribution in [3.63, 3.8) is 0 Å². The maximum Gasteiger partial charge on any atom is 0.414 e. The summed E-state index contributed by atoms with van der Waals surface area (Å²) in [7, 11) is 1.58. The predicted molar refractivity (Wildman–Crippen MR) is 144 cm³/mol. The lowest BCUT2D eigenvalue weighted by Crippen LogP contribution is -2.36. The smallest absolute Gasteiger partial charge is 0.414 e. The molecule has 3 aliphatic heterocycles. The highest BCUT2D eigenvalue weighted by Crippen LogP contribution is 2.35. The van der Waals surface area contributed by atoms with Crippen LogP contribution in [-0.4, -0.2) is 84.9 Å². The molecule has 3 aromatic rings. The van der Waals surface area contributed by atoms with Crippen molar-refractivity contribution in [2.45, 2.75) is 17.1 Å². The van der Waals surface area contributed by atoms with Gasteiger partial charge in [0, 0.05) is 54.9 Å². The molecule has 0 aliphatic carbocycles. The van der Waals surface area contributed by atoms with Gasteiger partial charge in [0.15, 0.2) is 0 Å². The van der Waals surface area contributed by atoms with E-state index in [9.17, 15) is 14.7 Å². The molecular weight excluding hydrogens is 508 g/mol. The summed E-state index contributed by atoms with van der Waals surface area (Å²) in [6.45, 7) is 2.60. The van der Waals surface area contributed by atoms with Gasteiger partial charge in [-0.1, -0.05) is 0 Å². The molecule has 0 radical (unpaired) electrons. The van der Waals surface area contributed by atoms with Gasteiger partial charge >= 0.3 is 6.09 Å². The first-order valence-corrected chi connectivity index (χ1v) is 13.5. The number of thioether (sulfide) groups is 1. The molecule has 3 atom stereocenters. The number of aliphatic hydroxyl groups is 1. The fourth-order valence-corrected chi connectivity index (χ4v) is 5.91. The van der Waals surface area contributed by atoms with E-state index in [-0.39, 0.29) is 17.9 Å². The van der Waals surface area contributed by atoms with Crippen LogP contribution < -0.4 is 25.2 Å². The Kier molecular flexibility index (Phi) is 6.68. The third-order valence-electron chi connectivity index (χ3n) is 7.05. The minimum atomic E-state index is -0.512. The Balaban J connectivity index is 1.05. The summed E-state index contributed by atoms with van der Waals surface area (Å²) >= 11 is 1.48. The zero-order chi connectivity index (χ0) is 26.2. The highest BCUT2D eigenvalue weighted by Gasteiger charge is 2.35. The Morgan fingerprint density at radius 1 is 1.18 bits per heavy atom. The molecule has 0 saturated carbocycles. The molecule has 0 spiro atoms. The maximum absolute atomic E-state index is 12.6. The van der Waals surface area contributed by atoms with E-state index in [1.807, 2.05) is 30.3 Å². The van der Waals surface area contributed by atoms with Gasteiger partial charge in [-0.05, 0) is 30.3 Å². The first-order chi connectivity index (χ1) is 18.5. The van der Waals surface area contributed by atoms with Crippen LogP contribution in [0.1, 0.15) is 0 Å². The number of carbonyl (C=O) groups excluding carboxylic acids is 2. The number of cyclic esters (lactones) is 1. The molecule has 11 nitrogen and oxygen atoms in total. The molecule has 5 heterocycles. The Morgan fingerprint density at radius 3 is 2.95 bits per heavy atom.